The number of thiophene rings is 1. The summed E-state index contributed by atoms with van der Waals surface area (Å²) in [5, 5.41) is 5.83. The molecule has 0 spiro atoms. The van der Waals surface area contributed by atoms with Crippen LogP contribution in [0.2, 0.25) is 0 Å². The number of hydrogen-bond acceptors (Lipinski definition) is 2. The van der Waals surface area contributed by atoms with E-state index in [9.17, 15) is 0 Å². The van der Waals surface area contributed by atoms with Crippen LogP contribution in [0.5, 0.6) is 0 Å². The van der Waals surface area contributed by atoms with Crippen LogP contribution in [0.15, 0.2) is 15.9 Å². The summed E-state index contributed by atoms with van der Waals surface area (Å²) in [7, 11) is 0. The number of hydrogen-bond donors (Lipinski definition) is 1. The highest BCUT2D eigenvalue weighted by Crippen LogP contribution is 2.22. The molecule has 0 radical (unpaired) electrons. The van der Waals surface area contributed by atoms with E-state index in [0.29, 0.717) is 6.04 Å². The summed E-state index contributed by atoms with van der Waals surface area (Å²) in [4.78, 5) is 1.48. The Balaban J connectivity index is 2.41. The lowest BCUT2D eigenvalue weighted by Crippen LogP contribution is -2.31. The van der Waals surface area contributed by atoms with Crippen molar-refractivity contribution >= 4 is 27.3 Å². The molecule has 1 aromatic rings. The molecule has 1 atom stereocenters. The van der Waals surface area contributed by atoms with Crippen molar-refractivity contribution in [3.05, 3.63) is 20.8 Å². The molecule has 0 aromatic carbocycles. The van der Waals surface area contributed by atoms with E-state index in [2.05, 4.69) is 46.5 Å². The average molecular weight is 304 g/mol. The summed E-state index contributed by atoms with van der Waals surface area (Å²) in [6, 6.07) is 2.91. The number of nitrogens with one attached hydrogen (secondary N) is 1. The first-order chi connectivity index (χ1) is 7.76. The lowest BCUT2D eigenvalue weighted by atomic mass is 10.1. The first-order valence-corrected chi connectivity index (χ1v) is 7.89. The van der Waals surface area contributed by atoms with Crippen molar-refractivity contribution in [3.8, 4) is 0 Å². The Morgan fingerprint density at radius 1 is 1.38 bits per heavy atom. The van der Waals surface area contributed by atoms with Gasteiger partial charge in [0.05, 0.1) is 0 Å². The highest BCUT2D eigenvalue weighted by molar-refractivity contribution is 9.10. The second-order valence-electron chi connectivity index (χ2n) is 4.23. The Hall–Kier alpha value is 0.140. The summed E-state index contributed by atoms with van der Waals surface area (Å²) < 4.78 is 1.22. The molecule has 0 saturated heterocycles. The van der Waals surface area contributed by atoms with Gasteiger partial charge in [0.1, 0.15) is 0 Å². The molecule has 1 nitrogen and oxygen atoms in total. The fourth-order valence-electron chi connectivity index (χ4n) is 1.78. The van der Waals surface area contributed by atoms with Crippen LogP contribution < -0.4 is 5.32 Å². The van der Waals surface area contributed by atoms with Gasteiger partial charge in [-0.05, 0) is 47.8 Å². The van der Waals surface area contributed by atoms with Crippen molar-refractivity contribution in [2.24, 2.45) is 0 Å². The molecule has 1 unspecified atom stereocenters. The maximum atomic E-state index is 3.65. The Bertz CT molecular complexity index is 277. The topological polar surface area (TPSA) is 12.0 Å². The Morgan fingerprint density at radius 3 is 2.75 bits per heavy atom. The third-order valence-corrected chi connectivity index (χ3v) is 4.38. The van der Waals surface area contributed by atoms with E-state index in [1.54, 1.807) is 0 Å². The lowest BCUT2D eigenvalue weighted by Gasteiger charge is -2.17. The summed E-state index contributed by atoms with van der Waals surface area (Å²) in [6.45, 7) is 5.63. The molecule has 1 aromatic heterocycles. The zero-order chi connectivity index (χ0) is 11.8. The van der Waals surface area contributed by atoms with E-state index >= 15 is 0 Å². The molecule has 0 bridgehead atoms. The summed E-state index contributed by atoms with van der Waals surface area (Å²) in [5.74, 6) is 0. The molecular formula is C13H22BrNS. The van der Waals surface area contributed by atoms with E-state index in [1.165, 1.54) is 41.5 Å². The summed E-state index contributed by atoms with van der Waals surface area (Å²) >= 11 is 5.38. The minimum absolute atomic E-state index is 0.658. The Labute approximate surface area is 112 Å². The molecule has 1 N–H and O–H groups in total. The van der Waals surface area contributed by atoms with Crippen LogP contribution >= 0.6 is 27.3 Å². The van der Waals surface area contributed by atoms with Crippen LogP contribution in [-0.4, -0.2) is 12.6 Å². The molecule has 92 valence electrons. The third-order valence-electron chi connectivity index (χ3n) is 2.66. The van der Waals surface area contributed by atoms with E-state index in [0.717, 1.165) is 6.54 Å². The standard InChI is InChI=1S/C13H22BrNS/c1-3-5-6-12(15-7-4-2)9-13-8-11(14)10-16-13/h8,10,12,15H,3-7,9H2,1-2H3. The second-order valence-corrected chi connectivity index (χ2v) is 6.14. The maximum Gasteiger partial charge on any atom is 0.0285 e. The van der Waals surface area contributed by atoms with Gasteiger partial charge in [-0.15, -0.1) is 11.3 Å². The zero-order valence-electron chi connectivity index (χ0n) is 10.3. The fraction of sp³-hybridized carbons (Fsp3) is 0.692. The Morgan fingerprint density at radius 2 is 2.19 bits per heavy atom. The monoisotopic (exact) mass is 303 g/mol. The minimum Gasteiger partial charge on any atom is -0.314 e. The quantitative estimate of drug-likeness (QED) is 0.739. The van der Waals surface area contributed by atoms with E-state index < -0.39 is 0 Å². The van der Waals surface area contributed by atoms with Gasteiger partial charge in [0.25, 0.3) is 0 Å². The van der Waals surface area contributed by atoms with Crippen molar-refractivity contribution in [2.45, 2.75) is 52.0 Å². The third kappa shape index (κ3) is 5.46. The smallest absolute Gasteiger partial charge is 0.0285 e. The molecule has 0 aliphatic heterocycles. The molecule has 0 fully saturated rings. The SMILES string of the molecule is CCCCC(Cc1cc(Br)cs1)NCCC. The molecule has 0 saturated carbocycles. The second kappa shape index (κ2) is 8.26. The molecule has 0 aliphatic rings. The van der Waals surface area contributed by atoms with Gasteiger partial charge in [-0.3, -0.25) is 0 Å². The molecule has 16 heavy (non-hydrogen) atoms. The van der Waals surface area contributed by atoms with Gasteiger partial charge in [-0.1, -0.05) is 26.7 Å². The van der Waals surface area contributed by atoms with Gasteiger partial charge in [-0.25, -0.2) is 0 Å². The van der Waals surface area contributed by atoms with Gasteiger partial charge in [0.15, 0.2) is 0 Å². The fourth-order valence-corrected chi connectivity index (χ4v) is 3.31. The van der Waals surface area contributed by atoms with Crippen LogP contribution in [0, 0.1) is 0 Å². The number of rotatable bonds is 8. The van der Waals surface area contributed by atoms with E-state index in [4.69, 9.17) is 0 Å². The van der Waals surface area contributed by atoms with E-state index in [1.807, 2.05) is 11.3 Å². The van der Waals surface area contributed by atoms with Crippen LogP contribution in [0.25, 0.3) is 0 Å². The first-order valence-electron chi connectivity index (χ1n) is 6.22. The summed E-state index contributed by atoms with van der Waals surface area (Å²) in [6.07, 6.45) is 6.31. The van der Waals surface area contributed by atoms with Crippen LogP contribution in [-0.2, 0) is 6.42 Å². The highest BCUT2D eigenvalue weighted by Gasteiger charge is 2.09. The van der Waals surface area contributed by atoms with Gasteiger partial charge in [-0.2, -0.15) is 0 Å². The zero-order valence-corrected chi connectivity index (χ0v) is 12.7. The minimum atomic E-state index is 0.658. The molecule has 3 heteroatoms. The highest BCUT2D eigenvalue weighted by atomic mass is 79.9. The van der Waals surface area contributed by atoms with Crippen molar-refractivity contribution in [3.63, 3.8) is 0 Å². The van der Waals surface area contributed by atoms with Crippen molar-refractivity contribution in [1.29, 1.82) is 0 Å². The molecule has 0 aliphatic carbocycles. The van der Waals surface area contributed by atoms with Gasteiger partial charge >= 0.3 is 0 Å². The van der Waals surface area contributed by atoms with E-state index in [-0.39, 0.29) is 0 Å². The van der Waals surface area contributed by atoms with Crippen molar-refractivity contribution in [2.75, 3.05) is 6.54 Å². The van der Waals surface area contributed by atoms with Gasteiger partial charge in [0.2, 0.25) is 0 Å². The molecule has 1 rings (SSSR count). The van der Waals surface area contributed by atoms with Crippen molar-refractivity contribution in [1.82, 2.24) is 5.32 Å². The van der Waals surface area contributed by atoms with Gasteiger partial charge in [0, 0.05) is 20.8 Å². The van der Waals surface area contributed by atoms with Crippen LogP contribution in [0.3, 0.4) is 0 Å². The largest absolute Gasteiger partial charge is 0.314 e. The average Bonchev–Trinajstić information content (AvgIpc) is 2.68. The first kappa shape index (κ1) is 14.2. The molecule has 1 heterocycles. The van der Waals surface area contributed by atoms with Crippen molar-refractivity contribution < 1.29 is 0 Å². The normalized spacial score (nSPS) is 12.9. The summed E-state index contributed by atoms with van der Waals surface area (Å²) in [5.41, 5.74) is 0. The number of unbranched alkanes of at least 4 members (excludes halogenated alkanes) is 1. The maximum absolute atomic E-state index is 3.65. The van der Waals surface area contributed by atoms with Crippen LogP contribution in [0.1, 0.15) is 44.4 Å². The number of halogens is 1. The predicted molar refractivity (Wildman–Crippen MR) is 77.3 cm³/mol. The lowest BCUT2D eigenvalue weighted by molar-refractivity contribution is 0.464. The molecular weight excluding hydrogens is 282 g/mol. The van der Waals surface area contributed by atoms with Crippen LogP contribution in [0.4, 0.5) is 0 Å². The molecule has 0 amide bonds. The Kier molecular flexibility index (Phi) is 7.33. The van der Waals surface area contributed by atoms with Gasteiger partial charge < -0.3 is 5.32 Å². The predicted octanol–water partition coefficient (Wildman–Crippen LogP) is 4.61.